The lowest BCUT2D eigenvalue weighted by molar-refractivity contribution is -0.386. The zero-order valence-electron chi connectivity index (χ0n) is 8.21. The maximum atomic E-state index is 10.7. The molecule has 15 heavy (non-hydrogen) atoms. The summed E-state index contributed by atoms with van der Waals surface area (Å²) in [6.07, 6.45) is -0.607. The predicted molar refractivity (Wildman–Crippen MR) is 54.4 cm³/mol. The highest BCUT2D eigenvalue weighted by Crippen LogP contribution is 2.27. The van der Waals surface area contributed by atoms with Crippen LogP contribution in [0.1, 0.15) is 18.6 Å². The van der Waals surface area contributed by atoms with E-state index in [0.717, 1.165) is 0 Å². The number of para-hydroxylation sites is 1. The van der Waals surface area contributed by atoms with Crippen LogP contribution in [0.25, 0.3) is 0 Å². The van der Waals surface area contributed by atoms with E-state index in [9.17, 15) is 10.1 Å². The molecule has 1 atom stereocenters. The maximum Gasteiger partial charge on any atom is 0.276 e. The van der Waals surface area contributed by atoms with Crippen LogP contribution >= 0.6 is 0 Å². The lowest BCUT2D eigenvalue weighted by Gasteiger charge is -2.12. The molecular formula is C10H11NO4. The summed E-state index contributed by atoms with van der Waals surface area (Å²) in [5, 5.41) is 19.5. The molecule has 0 radical (unpaired) electrons. The smallest absolute Gasteiger partial charge is 0.276 e. The monoisotopic (exact) mass is 209 g/mol. The van der Waals surface area contributed by atoms with Crippen LogP contribution in [0.3, 0.4) is 0 Å². The SMILES string of the molecule is C=C(O)OC(C)c1ccccc1[N+](=O)[O-]. The number of hydrogen-bond acceptors (Lipinski definition) is 4. The third-order valence-corrected chi connectivity index (χ3v) is 1.88. The molecule has 5 nitrogen and oxygen atoms in total. The topological polar surface area (TPSA) is 72.6 Å². The highest BCUT2D eigenvalue weighted by atomic mass is 16.6. The molecule has 0 aliphatic carbocycles. The van der Waals surface area contributed by atoms with Gasteiger partial charge in [-0.3, -0.25) is 10.1 Å². The van der Waals surface area contributed by atoms with E-state index in [0.29, 0.717) is 5.56 Å². The fourth-order valence-electron chi connectivity index (χ4n) is 1.27. The molecule has 0 aromatic heterocycles. The third-order valence-electron chi connectivity index (χ3n) is 1.88. The second kappa shape index (κ2) is 4.45. The standard InChI is InChI=1S/C10H11NO4/c1-7(15-8(2)12)9-5-3-4-6-10(9)11(13)14/h3-7,12H,2H2,1H3. The minimum absolute atomic E-state index is 0.0359. The summed E-state index contributed by atoms with van der Waals surface area (Å²) < 4.78 is 4.88. The summed E-state index contributed by atoms with van der Waals surface area (Å²) >= 11 is 0. The lowest BCUT2D eigenvalue weighted by Crippen LogP contribution is -2.03. The van der Waals surface area contributed by atoms with E-state index in [1.807, 2.05) is 0 Å². The molecule has 0 fully saturated rings. The Morgan fingerprint density at radius 1 is 1.60 bits per heavy atom. The first-order valence-electron chi connectivity index (χ1n) is 4.30. The average Bonchev–Trinajstić information content (AvgIpc) is 2.16. The van der Waals surface area contributed by atoms with Gasteiger partial charge in [-0.1, -0.05) is 12.1 Å². The molecule has 1 aromatic carbocycles. The fraction of sp³-hybridized carbons (Fsp3) is 0.200. The van der Waals surface area contributed by atoms with E-state index in [1.165, 1.54) is 6.07 Å². The summed E-state index contributed by atoms with van der Waals surface area (Å²) in [5.74, 6) is -0.458. The molecule has 1 rings (SSSR count). The first-order valence-corrected chi connectivity index (χ1v) is 4.30. The van der Waals surface area contributed by atoms with Crippen molar-refractivity contribution in [2.45, 2.75) is 13.0 Å². The van der Waals surface area contributed by atoms with E-state index < -0.39 is 17.0 Å². The fourth-order valence-corrected chi connectivity index (χ4v) is 1.27. The van der Waals surface area contributed by atoms with Crippen LogP contribution in [0.15, 0.2) is 36.8 Å². The van der Waals surface area contributed by atoms with E-state index in [1.54, 1.807) is 25.1 Å². The van der Waals surface area contributed by atoms with Gasteiger partial charge in [0.25, 0.3) is 11.6 Å². The normalized spacial score (nSPS) is 11.8. The second-order valence-corrected chi connectivity index (χ2v) is 2.97. The van der Waals surface area contributed by atoms with Gasteiger partial charge in [0.15, 0.2) is 0 Å². The molecule has 0 spiro atoms. The van der Waals surface area contributed by atoms with Gasteiger partial charge >= 0.3 is 0 Å². The molecule has 1 unspecified atom stereocenters. The molecule has 0 saturated heterocycles. The molecule has 0 bridgehead atoms. The first kappa shape index (κ1) is 11.0. The highest BCUT2D eigenvalue weighted by molar-refractivity contribution is 5.41. The molecular weight excluding hydrogens is 198 g/mol. The number of nitrogens with zero attached hydrogens (tertiary/aromatic N) is 1. The Hall–Kier alpha value is -2.04. The van der Waals surface area contributed by atoms with E-state index in [2.05, 4.69) is 6.58 Å². The van der Waals surface area contributed by atoms with Gasteiger partial charge in [0.1, 0.15) is 6.10 Å². The number of aliphatic hydroxyl groups excluding tert-OH is 1. The van der Waals surface area contributed by atoms with Crippen molar-refractivity contribution < 1.29 is 14.8 Å². The van der Waals surface area contributed by atoms with Gasteiger partial charge in [0, 0.05) is 6.07 Å². The van der Waals surface area contributed by atoms with Crippen LogP contribution in [0.2, 0.25) is 0 Å². The number of hydrogen-bond donors (Lipinski definition) is 1. The molecule has 0 saturated carbocycles. The van der Waals surface area contributed by atoms with Crippen molar-refractivity contribution in [2.24, 2.45) is 0 Å². The van der Waals surface area contributed by atoms with Crippen molar-refractivity contribution >= 4 is 5.69 Å². The number of ether oxygens (including phenoxy) is 1. The zero-order valence-corrected chi connectivity index (χ0v) is 8.21. The Morgan fingerprint density at radius 2 is 2.20 bits per heavy atom. The molecule has 0 aliphatic heterocycles. The summed E-state index contributed by atoms with van der Waals surface area (Å²) in [6, 6.07) is 6.20. The van der Waals surface area contributed by atoms with Gasteiger partial charge in [0.2, 0.25) is 0 Å². The van der Waals surface area contributed by atoms with Crippen LogP contribution < -0.4 is 0 Å². The summed E-state index contributed by atoms with van der Waals surface area (Å²) in [5.41, 5.74) is 0.365. The Balaban J connectivity index is 3.02. The van der Waals surface area contributed by atoms with Crippen molar-refractivity contribution in [3.05, 3.63) is 52.5 Å². The number of aliphatic hydroxyl groups is 1. The second-order valence-electron chi connectivity index (χ2n) is 2.97. The van der Waals surface area contributed by atoms with Crippen LogP contribution in [0.5, 0.6) is 0 Å². The van der Waals surface area contributed by atoms with Crippen LogP contribution in [-0.4, -0.2) is 10.0 Å². The van der Waals surface area contributed by atoms with E-state index >= 15 is 0 Å². The molecule has 80 valence electrons. The van der Waals surface area contributed by atoms with E-state index in [-0.39, 0.29) is 5.69 Å². The number of benzene rings is 1. The Bertz CT molecular complexity index is 389. The van der Waals surface area contributed by atoms with Gasteiger partial charge in [-0.05, 0) is 19.6 Å². The van der Waals surface area contributed by atoms with Gasteiger partial charge in [-0.15, -0.1) is 0 Å². The van der Waals surface area contributed by atoms with Crippen LogP contribution in [-0.2, 0) is 4.74 Å². The average molecular weight is 209 g/mol. The Morgan fingerprint density at radius 3 is 2.73 bits per heavy atom. The number of nitro groups is 1. The van der Waals surface area contributed by atoms with Gasteiger partial charge in [-0.25, -0.2) is 0 Å². The predicted octanol–water partition coefficient (Wildman–Crippen LogP) is 2.70. The largest absolute Gasteiger partial charge is 0.481 e. The highest BCUT2D eigenvalue weighted by Gasteiger charge is 2.19. The first-order chi connectivity index (χ1) is 7.02. The Labute approximate surface area is 86.8 Å². The quantitative estimate of drug-likeness (QED) is 0.470. The molecule has 0 aliphatic rings. The molecule has 0 amide bonds. The maximum absolute atomic E-state index is 10.7. The summed E-state index contributed by atoms with van der Waals surface area (Å²) in [7, 11) is 0. The van der Waals surface area contributed by atoms with Gasteiger partial charge in [0.05, 0.1) is 10.5 Å². The van der Waals surface area contributed by atoms with Crippen LogP contribution in [0, 0.1) is 10.1 Å². The zero-order chi connectivity index (χ0) is 11.4. The molecule has 1 N–H and O–H groups in total. The molecule has 5 heteroatoms. The Kier molecular flexibility index (Phi) is 3.28. The van der Waals surface area contributed by atoms with Crippen molar-refractivity contribution in [3.8, 4) is 0 Å². The minimum atomic E-state index is -0.607. The lowest BCUT2D eigenvalue weighted by atomic mass is 10.1. The number of rotatable bonds is 4. The number of nitro benzene ring substituents is 1. The van der Waals surface area contributed by atoms with Gasteiger partial charge < -0.3 is 9.84 Å². The van der Waals surface area contributed by atoms with Crippen molar-refractivity contribution in [1.82, 2.24) is 0 Å². The van der Waals surface area contributed by atoms with Gasteiger partial charge in [-0.2, -0.15) is 0 Å². The molecule has 0 heterocycles. The van der Waals surface area contributed by atoms with Crippen molar-refractivity contribution in [1.29, 1.82) is 0 Å². The summed E-state index contributed by atoms with van der Waals surface area (Å²) in [6.45, 7) is 4.76. The minimum Gasteiger partial charge on any atom is -0.481 e. The van der Waals surface area contributed by atoms with Crippen molar-refractivity contribution in [3.63, 3.8) is 0 Å². The molecule has 1 aromatic rings. The summed E-state index contributed by atoms with van der Waals surface area (Å²) in [4.78, 5) is 10.2. The third kappa shape index (κ3) is 2.70. The van der Waals surface area contributed by atoms with E-state index in [4.69, 9.17) is 9.84 Å². The van der Waals surface area contributed by atoms with Crippen molar-refractivity contribution in [2.75, 3.05) is 0 Å². The van der Waals surface area contributed by atoms with Crippen LogP contribution in [0.4, 0.5) is 5.69 Å².